The second-order valence-electron chi connectivity index (χ2n) is 10.4. The maximum atomic E-state index is 9.89. The Bertz CT molecular complexity index is 2400. The average Bonchev–Trinajstić information content (AvgIpc) is 3.58. The van der Waals surface area contributed by atoms with Crippen LogP contribution in [0.3, 0.4) is 0 Å². The molecule has 0 aliphatic rings. The lowest BCUT2D eigenvalue weighted by Gasteiger charge is -2.14. The van der Waals surface area contributed by atoms with Crippen LogP contribution in [-0.4, -0.2) is 9.13 Å². The number of nitrogens with zero attached hydrogens (tertiary/aromatic N) is 4. The molecule has 6 aromatic carbocycles. The minimum Gasteiger partial charge on any atom is -0.307 e. The molecule has 0 N–H and O–H groups in total. The van der Waals surface area contributed by atoms with Gasteiger partial charge in [-0.15, -0.1) is 0 Å². The summed E-state index contributed by atoms with van der Waals surface area (Å²) < 4.78 is 4.70. The monoisotopic (exact) mass is 534 g/mol. The van der Waals surface area contributed by atoms with Crippen molar-refractivity contribution < 1.29 is 0 Å². The molecule has 8 rings (SSSR count). The number of hydrogen-bond acceptors (Lipinski definition) is 2. The molecule has 0 amide bonds. The topological polar surface area (TPSA) is 57.4 Å². The molecule has 0 aliphatic carbocycles. The fourth-order valence-corrected chi connectivity index (χ4v) is 6.46. The molecule has 2 aromatic heterocycles. The number of benzene rings is 6. The Morgan fingerprint density at radius 2 is 0.929 bits per heavy atom. The second-order valence-corrected chi connectivity index (χ2v) is 10.4. The molecule has 2 heterocycles. The van der Waals surface area contributed by atoms with Crippen LogP contribution in [0.1, 0.15) is 11.1 Å². The summed E-state index contributed by atoms with van der Waals surface area (Å²) >= 11 is 0. The third kappa shape index (κ3) is 3.33. The molecule has 0 bridgehead atoms. The molecule has 0 unspecified atom stereocenters. The van der Waals surface area contributed by atoms with E-state index in [4.69, 9.17) is 0 Å². The first-order chi connectivity index (χ1) is 20.8. The molecule has 0 spiro atoms. The lowest BCUT2D eigenvalue weighted by atomic mass is 9.95. The predicted octanol–water partition coefficient (Wildman–Crippen LogP) is 9.29. The van der Waals surface area contributed by atoms with Crippen LogP contribution in [-0.2, 0) is 0 Å². The lowest BCUT2D eigenvalue weighted by molar-refractivity contribution is 1.15. The first-order valence-electron chi connectivity index (χ1n) is 13.8. The molecule has 0 fully saturated rings. The van der Waals surface area contributed by atoms with Crippen molar-refractivity contribution in [3.05, 3.63) is 145 Å². The van der Waals surface area contributed by atoms with E-state index in [0.29, 0.717) is 16.7 Å². The van der Waals surface area contributed by atoms with E-state index in [1.165, 1.54) is 21.5 Å². The van der Waals surface area contributed by atoms with Gasteiger partial charge >= 0.3 is 0 Å². The fraction of sp³-hybridized carbons (Fsp3) is 0. The van der Waals surface area contributed by atoms with Crippen LogP contribution in [0.15, 0.2) is 133 Å². The maximum absolute atomic E-state index is 9.89. The number of para-hydroxylation sites is 3. The van der Waals surface area contributed by atoms with Gasteiger partial charge in [0.25, 0.3) is 0 Å². The average molecular weight is 535 g/mol. The summed E-state index contributed by atoms with van der Waals surface area (Å²) in [6.07, 6.45) is 0. The smallest absolute Gasteiger partial charge is 0.0998 e. The highest BCUT2D eigenvalue weighted by molar-refractivity contribution is 6.23. The van der Waals surface area contributed by atoms with Crippen molar-refractivity contribution in [2.45, 2.75) is 0 Å². The number of rotatable bonds is 3. The van der Waals surface area contributed by atoms with Gasteiger partial charge in [-0.25, -0.2) is 0 Å². The van der Waals surface area contributed by atoms with Gasteiger partial charge in [-0.2, -0.15) is 10.5 Å². The molecule has 0 saturated carbocycles. The van der Waals surface area contributed by atoms with Gasteiger partial charge in [0.2, 0.25) is 0 Å². The molecule has 8 aromatic rings. The lowest BCUT2D eigenvalue weighted by Crippen LogP contribution is -1.99. The van der Waals surface area contributed by atoms with Gasteiger partial charge in [0.1, 0.15) is 0 Å². The summed E-state index contributed by atoms with van der Waals surface area (Å²) in [7, 11) is 0. The molecule has 0 atom stereocenters. The fourth-order valence-electron chi connectivity index (χ4n) is 6.46. The largest absolute Gasteiger partial charge is 0.307 e. The van der Waals surface area contributed by atoms with Gasteiger partial charge < -0.3 is 9.13 Å². The molecule has 4 heteroatoms. The molecule has 0 radical (unpaired) electrons. The number of fused-ring (bicyclic) bond motifs is 7. The van der Waals surface area contributed by atoms with E-state index in [9.17, 15) is 10.5 Å². The molecule has 4 nitrogen and oxygen atoms in total. The summed E-state index contributed by atoms with van der Waals surface area (Å²) in [6, 6.07) is 50.1. The molecular formula is C38H22N4. The third-order valence-electron chi connectivity index (χ3n) is 8.18. The van der Waals surface area contributed by atoms with Crippen molar-refractivity contribution in [1.82, 2.24) is 9.13 Å². The standard InChI is InChI=1S/C38H22N4/c39-23-26-11-8-12-27(24-40)36(26)25-10-9-15-29(22-25)42-35-19-7-5-17-31(35)33-21-20-32-30-16-4-6-18-34(30)41(37(32)38(33)42)28-13-2-1-3-14-28/h1-22H. The van der Waals surface area contributed by atoms with Crippen molar-refractivity contribution in [2.24, 2.45) is 0 Å². The Balaban J connectivity index is 1.55. The SMILES string of the molecule is N#Cc1cccc(C#N)c1-c1cccc(-n2c3ccccc3c3ccc4c5ccccc5n(-c5ccccc5)c4c32)c1. The maximum Gasteiger partial charge on any atom is 0.0998 e. The number of hydrogen-bond donors (Lipinski definition) is 0. The summed E-state index contributed by atoms with van der Waals surface area (Å²) in [4.78, 5) is 0. The molecule has 194 valence electrons. The minimum atomic E-state index is 0.486. The van der Waals surface area contributed by atoms with E-state index in [0.717, 1.165) is 39.0 Å². The van der Waals surface area contributed by atoms with E-state index in [-0.39, 0.29) is 0 Å². The Labute approximate surface area is 242 Å². The second kappa shape index (κ2) is 9.24. The van der Waals surface area contributed by atoms with Gasteiger partial charge in [0.15, 0.2) is 0 Å². The zero-order valence-corrected chi connectivity index (χ0v) is 22.5. The highest BCUT2D eigenvalue weighted by atomic mass is 15.0. The third-order valence-corrected chi connectivity index (χ3v) is 8.18. The van der Waals surface area contributed by atoms with Gasteiger partial charge in [0.05, 0.1) is 45.3 Å². The Morgan fingerprint density at radius 3 is 1.52 bits per heavy atom. The highest BCUT2D eigenvalue weighted by Crippen LogP contribution is 2.42. The Morgan fingerprint density at radius 1 is 0.429 bits per heavy atom. The number of aromatic nitrogens is 2. The highest BCUT2D eigenvalue weighted by Gasteiger charge is 2.21. The van der Waals surface area contributed by atoms with Crippen LogP contribution in [0.25, 0.3) is 66.1 Å². The number of nitriles is 2. The first-order valence-corrected chi connectivity index (χ1v) is 13.8. The van der Waals surface area contributed by atoms with Crippen molar-refractivity contribution in [1.29, 1.82) is 10.5 Å². The quantitative estimate of drug-likeness (QED) is 0.227. The van der Waals surface area contributed by atoms with Gasteiger partial charge in [0, 0.05) is 38.5 Å². The predicted molar refractivity (Wildman–Crippen MR) is 170 cm³/mol. The molecule has 42 heavy (non-hydrogen) atoms. The van der Waals surface area contributed by atoms with E-state index < -0.39 is 0 Å². The minimum absolute atomic E-state index is 0.486. The zero-order chi connectivity index (χ0) is 28.2. The van der Waals surface area contributed by atoms with E-state index in [1.54, 1.807) is 18.2 Å². The van der Waals surface area contributed by atoms with Gasteiger partial charge in [-0.1, -0.05) is 84.9 Å². The Kier molecular flexibility index (Phi) is 5.22. The summed E-state index contributed by atoms with van der Waals surface area (Å²) in [6.45, 7) is 0. The van der Waals surface area contributed by atoms with E-state index in [1.807, 2.05) is 18.2 Å². The molecular weight excluding hydrogens is 512 g/mol. The van der Waals surface area contributed by atoms with Crippen LogP contribution < -0.4 is 0 Å². The van der Waals surface area contributed by atoms with Crippen LogP contribution in [0.5, 0.6) is 0 Å². The van der Waals surface area contributed by atoms with E-state index in [2.05, 4.69) is 118 Å². The molecule has 0 saturated heterocycles. The summed E-state index contributed by atoms with van der Waals surface area (Å²) in [5.74, 6) is 0. The zero-order valence-electron chi connectivity index (χ0n) is 22.5. The van der Waals surface area contributed by atoms with Gasteiger partial charge in [-0.3, -0.25) is 0 Å². The van der Waals surface area contributed by atoms with Crippen LogP contribution in [0, 0.1) is 22.7 Å². The van der Waals surface area contributed by atoms with Crippen molar-refractivity contribution >= 4 is 43.6 Å². The van der Waals surface area contributed by atoms with Crippen molar-refractivity contribution in [3.8, 4) is 34.6 Å². The first kappa shape index (κ1) is 23.8. The van der Waals surface area contributed by atoms with Crippen LogP contribution >= 0.6 is 0 Å². The van der Waals surface area contributed by atoms with Crippen molar-refractivity contribution in [3.63, 3.8) is 0 Å². The summed E-state index contributed by atoms with van der Waals surface area (Å²) in [5, 5.41) is 24.5. The van der Waals surface area contributed by atoms with Crippen LogP contribution in [0.4, 0.5) is 0 Å². The van der Waals surface area contributed by atoms with E-state index >= 15 is 0 Å². The normalized spacial score (nSPS) is 11.3. The molecule has 0 aliphatic heterocycles. The van der Waals surface area contributed by atoms with Gasteiger partial charge in [-0.05, 0) is 54.1 Å². The Hall–Kier alpha value is -6.10. The summed E-state index contributed by atoms with van der Waals surface area (Å²) in [5.41, 5.74) is 9.03. The van der Waals surface area contributed by atoms with Crippen molar-refractivity contribution in [2.75, 3.05) is 0 Å². The van der Waals surface area contributed by atoms with Crippen LogP contribution in [0.2, 0.25) is 0 Å².